The van der Waals surface area contributed by atoms with E-state index in [1.807, 2.05) is 39.8 Å². The molecule has 142 valence electrons. The number of carbonyl (C=O) groups excluding carboxylic acids is 2. The van der Waals surface area contributed by atoms with Crippen LogP contribution in [0, 0.1) is 12.3 Å². The van der Waals surface area contributed by atoms with Crippen molar-refractivity contribution in [2.45, 2.75) is 71.6 Å². The van der Waals surface area contributed by atoms with Gasteiger partial charge in [-0.1, -0.05) is 13.0 Å². The van der Waals surface area contributed by atoms with Gasteiger partial charge < -0.3 is 10.1 Å². The molecule has 2 heterocycles. The fourth-order valence-corrected chi connectivity index (χ4v) is 4.09. The number of hydrogen-bond acceptors (Lipinski definition) is 4. The third-order valence-electron chi connectivity index (χ3n) is 5.33. The molecule has 3 rings (SSSR count). The maximum atomic E-state index is 13.0. The number of nitrogens with zero attached hydrogens (tertiary/aromatic N) is 2. The lowest BCUT2D eigenvalue weighted by molar-refractivity contribution is -0.121. The van der Waals surface area contributed by atoms with Crippen LogP contribution in [-0.2, 0) is 9.53 Å². The summed E-state index contributed by atoms with van der Waals surface area (Å²) in [5, 5.41) is 2.89. The molecule has 6 nitrogen and oxygen atoms in total. The minimum atomic E-state index is -0.590. The first-order valence-corrected chi connectivity index (χ1v) is 9.81. The van der Waals surface area contributed by atoms with Gasteiger partial charge in [0.2, 0.25) is 5.91 Å². The van der Waals surface area contributed by atoms with Gasteiger partial charge in [-0.3, -0.25) is 9.69 Å². The summed E-state index contributed by atoms with van der Waals surface area (Å²) in [6.07, 6.45) is 2.16. The zero-order valence-electron chi connectivity index (χ0n) is 15.9. The van der Waals surface area contributed by atoms with Crippen molar-refractivity contribution in [1.29, 1.82) is 0 Å². The zero-order chi connectivity index (χ0) is 19.3. The maximum Gasteiger partial charge on any atom is 0.411 e. The van der Waals surface area contributed by atoms with Gasteiger partial charge in [0, 0.05) is 6.04 Å². The summed E-state index contributed by atoms with van der Waals surface area (Å²) in [5.41, 5.74) is 0.338. The molecule has 7 heteroatoms. The van der Waals surface area contributed by atoms with Crippen LogP contribution in [0.1, 0.15) is 52.5 Å². The molecular formula is C19H26BrN3O3. The normalized spacial score (nSPS) is 27.1. The smallest absolute Gasteiger partial charge is 0.411 e. The topological polar surface area (TPSA) is 71.5 Å². The van der Waals surface area contributed by atoms with Crippen LogP contribution in [0.2, 0.25) is 0 Å². The van der Waals surface area contributed by atoms with Gasteiger partial charge >= 0.3 is 6.09 Å². The van der Waals surface area contributed by atoms with Crippen LogP contribution in [0.25, 0.3) is 0 Å². The van der Waals surface area contributed by atoms with E-state index in [4.69, 9.17) is 4.74 Å². The van der Waals surface area contributed by atoms with E-state index >= 15 is 0 Å². The monoisotopic (exact) mass is 423 g/mol. The Hall–Kier alpha value is -1.63. The molecule has 1 aliphatic heterocycles. The number of aromatic nitrogens is 1. The van der Waals surface area contributed by atoms with Gasteiger partial charge in [0.25, 0.3) is 0 Å². The van der Waals surface area contributed by atoms with Crippen molar-refractivity contribution in [1.82, 2.24) is 9.88 Å². The average molecular weight is 424 g/mol. The number of carbonyl (C=O) groups is 2. The Bertz CT molecular complexity index is 746. The van der Waals surface area contributed by atoms with Gasteiger partial charge in [-0.2, -0.15) is 0 Å². The van der Waals surface area contributed by atoms with E-state index in [-0.39, 0.29) is 17.4 Å². The van der Waals surface area contributed by atoms with E-state index < -0.39 is 17.7 Å². The number of anilines is 1. The number of rotatable bonds is 3. The van der Waals surface area contributed by atoms with E-state index in [0.717, 1.165) is 18.4 Å². The summed E-state index contributed by atoms with van der Waals surface area (Å²) >= 11 is 3.33. The third-order valence-corrected chi connectivity index (χ3v) is 5.78. The van der Waals surface area contributed by atoms with Crippen molar-refractivity contribution >= 4 is 33.7 Å². The SMILES string of the molecule is CCC12CC1N(C(=O)OC(C)(C)C)[C@H](C(=O)Nc1nc(Br)ccc1C)C2. The minimum absolute atomic E-state index is 0.0542. The standard InChI is InChI=1S/C19H26BrN3O3/c1-6-19-9-12(16(24)22-15-11(2)7-8-14(20)21-15)23(13(19)10-19)17(25)26-18(3,4)5/h7-8,12-13H,6,9-10H2,1-5H3,(H,21,22,24)/t12-,13?,19?/m0/s1. The summed E-state index contributed by atoms with van der Waals surface area (Å²) < 4.78 is 6.22. The fourth-order valence-electron chi connectivity index (χ4n) is 3.78. The average Bonchev–Trinajstić information content (AvgIpc) is 3.14. The molecule has 1 aromatic rings. The predicted octanol–water partition coefficient (Wildman–Crippen LogP) is 4.27. The molecule has 2 unspecified atom stereocenters. The van der Waals surface area contributed by atoms with Crippen LogP contribution in [0.15, 0.2) is 16.7 Å². The lowest BCUT2D eigenvalue weighted by atomic mass is 9.96. The summed E-state index contributed by atoms with van der Waals surface area (Å²) in [6, 6.07) is 3.28. The highest BCUT2D eigenvalue weighted by Crippen LogP contribution is 2.61. The maximum absolute atomic E-state index is 13.0. The molecule has 26 heavy (non-hydrogen) atoms. The van der Waals surface area contributed by atoms with Crippen molar-refractivity contribution in [3.63, 3.8) is 0 Å². The van der Waals surface area contributed by atoms with E-state index in [1.165, 1.54) is 0 Å². The minimum Gasteiger partial charge on any atom is -0.444 e. The summed E-state index contributed by atoms with van der Waals surface area (Å²) in [7, 11) is 0. The Morgan fingerprint density at radius 2 is 2.08 bits per heavy atom. The predicted molar refractivity (Wildman–Crippen MR) is 103 cm³/mol. The molecule has 3 atom stereocenters. The van der Waals surface area contributed by atoms with Gasteiger partial charge in [0.1, 0.15) is 22.1 Å². The van der Waals surface area contributed by atoms with Crippen molar-refractivity contribution in [3.05, 3.63) is 22.3 Å². The number of pyridine rings is 1. The van der Waals surface area contributed by atoms with Crippen LogP contribution in [0.5, 0.6) is 0 Å². The van der Waals surface area contributed by atoms with E-state index in [2.05, 4.69) is 33.2 Å². The molecule has 0 aromatic carbocycles. The molecular weight excluding hydrogens is 398 g/mol. The molecule has 0 spiro atoms. The second-order valence-electron chi connectivity index (χ2n) is 8.33. The molecule has 2 fully saturated rings. The molecule has 0 radical (unpaired) electrons. The number of likely N-dealkylation sites (tertiary alicyclic amines) is 1. The van der Waals surface area contributed by atoms with Crippen molar-refractivity contribution < 1.29 is 14.3 Å². The fraction of sp³-hybridized carbons (Fsp3) is 0.632. The van der Waals surface area contributed by atoms with Crippen LogP contribution >= 0.6 is 15.9 Å². The van der Waals surface area contributed by atoms with Crippen LogP contribution < -0.4 is 5.32 Å². The number of aryl methyl sites for hydroxylation is 1. The van der Waals surface area contributed by atoms with E-state index in [1.54, 1.807) is 4.90 Å². The Labute approximate surface area is 162 Å². The highest BCUT2D eigenvalue weighted by molar-refractivity contribution is 9.10. The Kier molecular flexibility index (Phi) is 4.80. The van der Waals surface area contributed by atoms with Gasteiger partial charge in [-0.25, -0.2) is 9.78 Å². The zero-order valence-corrected chi connectivity index (χ0v) is 17.5. The molecule has 1 aliphatic carbocycles. The number of nitrogens with one attached hydrogen (secondary N) is 1. The number of halogens is 1. The summed E-state index contributed by atoms with van der Waals surface area (Å²) in [4.78, 5) is 31.7. The molecule has 1 saturated heterocycles. The number of fused-ring (bicyclic) bond motifs is 1. The highest BCUT2D eigenvalue weighted by atomic mass is 79.9. The van der Waals surface area contributed by atoms with Gasteiger partial charge in [-0.15, -0.1) is 0 Å². The van der Waals surface area contributed by atoms with Crippen LogP contribution in [0.3, 0.4) is 0 Å². The lowest BCUT2D eigenvalue weighted by Crippen LogP contribution is -2.47. The first-order valence-electron chi connectivity index (χ1n) is 9.01. The number of amides is 2. The molecule has 2 amide bonds. The Morgan fingerprint density at radius 1 is 1.38 bits per heavy atom. The quantitative estimate of drug-likeness (QED) is 0.736. The largest absolute Gasteiger partial charge is 0.444 e. The first-order chi connectivity index (χ1) is 12.1. The molecule has 1 aromatic heterocycles. The Balaban J connectivity index is 1.81. The molecule has 2 aliphatic rings. The van der Waals surface area contributed by atoms with E-state index in [0.29, 0.717) is 16.8 Å². The number of piperidine rings is 1. The summed E-state index contributed by atoms with van der Waals surface area (Å²) in [5.74, 6) is 0.309. The summed E-state index contributed by atoms with van der Waals surface area (Å²) in [6.45, 7) is 9.52. The third kappa shape index (κ3) is 3.59. The second kappa shape index (κ2) is 6.51. The first kappa shape index (κ1) is 19.1. The van der Waals surface area contributed by atoms with Crippen LogP contribution in [-0.4, -0.2) is 39.6 Å². The van der Waals surface area contributed by atoms with Gasteiger partial charge in [-0.05, 0) is 79.9 Å². The van der Waals surface area contributed by atoms with Crippen LogP contribution in [0.4, 0.5) is 10.6 Å². The second-order valence-corrected chi connectivity index (χ2v) is 9.14. The van der Waals surface area contributed by atoms with Gasteiger partial charge in [0.05, 0.1) is 0 Å². The van der Waals surface area contributed by atoms with Gasteiger partial charge in [0.15, 0.2) is 0 Å². The molecule has 0 bridgehead atoms. The highest BCUT2D eigenvalue weighted by Gasteiger charge is 2.66. The van der Waals surface area contributed by atoms with Crippen molar-refractivity contribution in [2.24, 2.45) is 5.41 Å². The number of ether oxygens (including phenoxy) is 1. The Morgan fingerprint density at radius 3 is 2.69 bits per heavy atom. The lowest BCUT2D eigenvalue weighted by Gasteiger charge is -2.29. The molecule has 1 N–H and O–H groups in total. The van der Waals surface area contributed by atoms with E-state index in [9.17, 15) is 9.59 Å². The van der Waals surface area contributed by atoms with Crippen molar-refractivity contribution in [2.75, 3.05) is 5.32 Å². The molecule has 1 saturated carbocycles. The number of hydrogen-bond donors (Lipinski definition) is 1. The van der Waals surface area contributed by atoms with Crippen molar-refractivity contribution in [3.8, 4) is 0 Å².